The third-order valence-corrected chi connectivity index (χ3v) is 8.44. The fourth-order valence-corrected chi connectivity index (χ4v) is 5.75. The van der Waals surface area contributed by atoms with E-state index >= 15 is 0 Å². The van der Waals surface area contributed by atoms with Crippen LogP contribution >= 0.6 is 0 Å². The van der Waals surface area contributed by atoms with E-state index in [-0.39, 0.29) is 61.1 Å². The summed E-state index contributed by atoms with van der Waals surface area (Å²) >= 11 is 0. The van der Waals surface area contributed by atoms with Gasteiger partial charge in [0, 0.05) is 37.4 Å². The Labute approximate surface area is 244 Å². The lowest BCUT2D eigenvalue weighted by Gasteiger charge is -2.43. The molecule has 2 N–H and O–H groups in total. The van der Waals surface area contributed by atoms with E-state index in [0.29, 0.717) is 11.4 Å². The fraction of sp³-hybridized carbons (Fsp3) is 0.452. The Hall–Kier alpha value is -4.28. The number of rotatable bonds is 7. The number of benzene rings is 2. The summed E-state index contributed by atoms with van der Waals surface area (Å²) in [6, 6.07) is 9.72. The van der Waals surface area contributed by atoms with Gasteiger partial charge in [-0.1, -0.05) is 25.5 Å². The monoisotopic (exact) mass is 577 g/mol. The highest BCUT2D eigenvalue weighted by Gasteiger charge is 2.58. The van der Waals surface area contributed by atoms with Crippen LogP contribution in [0.4, 0.5) is 20.6 Å². The molecule has 0 radical (unpaired) electrons. The van der Waals surface area contributed by atoms with Crippen molar-refractivity contribution in [2.45, 2.75) is 58.0 Å². The second kappa shape index (κ2) is 11.2. The largest absolute Gasteiger partial charge is 0.341 e. The van der Waals surface area contributed by atoms with Gasteiger partial charge in [0.2, 0.25) is 11.8 Å². The van der Waals surface area contributed by atoms with Crippen molar-refractivity contribution in [1.82, 2.24) is 15.1 Å². The number of amides is 6. The number of carbonyl (C=O) groups excluding carboxylic acids is 5. The molecule has 0 bridgehead atoms. The number of carbonyl (C=O) groups is 5. The summed E-state index contributed by atoms with van der Waals surface area (Å²) < 4.78 is 14.3. The van der Waals surface area contributed by atoms with Crippen LogP contribution in [0, 0.1) is 24.6 Å². The van der Waals surface area contributed by atoms with E-state index in [4.69, 9.17) is 0 Å². The van der Waals surface area contributed by atoms with Gasteiger partial charge in [-0.05, 0) is 74.9 Å². The molecule has 0 aromatic heterocycles. The van der Waals surface area contributed by atoms with Crippen molar-refractivity contribution in [2.75, 3.05) is 30.4 Å². The number of likely N-dealkylation sites (N-methyl/N-ethyl adjacent to an activating group) is 1. The summed E-state index contributed by atoms with van der Waals surface area (Å²) in [7, 11) is 1.45. The van der Waals surface area contributed by atoms with Crippen LogP contribution in [0.1, 0.15) is 55.5 Å². The molecule has 1 atom stereocenters. The molecule has 3 aliphatic rings. The van der Waals surface area contributed by atoms with E-state index in [1.54, 1.807) is 56.0 Å². The van der Waals surface area contributed by atoms with Gasteiger partial charge in [0.15, 0.2) is 0 Å². The molecular weight excluding hydrogens is 541 g/mol. The number of halogens is 1. The quantitative estimate of drug-likeness (QED) is 0.487. The van der Waals surface area contributed by atoms with Crippen molar-refractivity contribution >= 4 is 41.0 Å². The van der Waals surface area contributed by atoms with Gasteiger partial charge >= 0.3 is 6.03 Å². The zero-order valence-electron chi connectivity index (χ0n) is 24.3. The highest BCUT2D eigenvalue weighted by Crippen LogP contribution is 2.41. The summed E-state index contributed by atoms with van der Waals surface area (Å²) in [5.41, 5.74) is 0.567. The number of anilines is 2. The average Bonchev–Trinajstić information content (AvgIpc) is 3.80. The second-order valence-corrected chi connectivity index (χ2v) is 11.8. The highest BCUT2D eigenvalue weighted by molar-refractivity contribution is 6.17. The molecule has 10 nitrogen and oxygen atoms in total. The topological polar surface area (TPSA) is 119 Å². The Morgan fingerprint density at radius 3 is 2.24 bits per heavy atom. The van der Waals surface area contributed by atoms with Crippen LogP contribution in [-0.2, 0) is 14.4 Å². The maximum Gasteiger partial charge on any atom is 0.331 e. The molecule has 2 aromatic carbocycles. The van der Waals surface area contributed by atoms with Crippen molar-refractivity contribution < 1.29 is 28.4 Å². The highest BCUT2D eigenvalue weighted by atomic mass is 19.1. The minimum atomic E-state index is -1.16. The number of likely N-dealkylation sites (tertiary alicyclic amines) is 1. The molecule has 2 aliphatic heterocycles. The molecule has 11 heteroatoms. The van der Waals surface area contributed by atoms with Crippen molar-refractivity contribution in [3.8, 4) is 0 Å². The van der Waals surface area contributed by atoms with E-state index in [0.717, 1.165) is 23.3 Å². The van der Waals surface area contributed by atoms with Gasteiger partial charge in [0.25, 0.3) is 11.8 Å². The first-order chi connectivity index (χ1) is 19.9. The molecule has 1 spiro atoms. The maximum absolute atomic E-state index is 14.3. The third-order valence-electron chi connectivity index (χ3n) is 8.44. The van der Waals surface area contributed by atoms with Crippen LogP contribution in [0.5, 0.6) is 0 Å². The number of urea groups is 1. The number of hydrogen-bond acceptors (Lipinski definition) is 5. The first-order valence-corrected chi connectivity index (χ1v) is 14.3. The Balaban J connectivity index is 1.31. The molecule has 2 heterocycles. The van der Waals surface area contributed by atoms with Crippen LogP contribution in [0.3, 0.4) is 0 Å². The van der Waals surface area contributed by atoms with Crippen molar-refractivity contribution in [3.05, 3.63) is 59.4 Å². The summed E-state index contributed by atoms with van der Waals surface area (Å²) in [5, 5.41) is 5.58. The molecule has 6 amide bonds. The second-order valence-electron chi connectivity index (χ2n) is 11.8. The lowest BCUT2D eigenvalue weighted by molar-refractivity contribution is -0.139. The zero-order chi connectivity index (χ0) is 30.3. The molecule has 222 valence electrons. The van der Waals surface area contributed by atoms with Crippen molar-refractivity contribution in [2.24, 2.45) is 11.8 Å². The first kappa shape index (κ1) is 29.2. The minimum Gasteiger partial charge on any atom is -0.341 e. The maximum atomic E-state index is 14.3. The molecule has 0 unspecified atom stereocenters. The van der Waals surface area contributed by atoms with Crippen molar-refractivity contribution in [3.63, 3.8) is 0 Å². The summed E-state index contributed by atoms with van der Waals surface area (Å²) in [4.78, 5) is 69.6. The molecule has 42 heavy (non-hydrogen) atoms. The normalized spacial score (nSPS) is 19.0. The van der Waals surface area contributed by atoms with Crippen LogP contribution in [-0.4, -0.2) is 71.2 Å². The van der Waals surface area contributed by atoms with Crippen LogP contribution in [0.2, 0.25) is 0 Å². The van der Waals surface area contributed by atoms with Crippen LogP contribution < -0.4 is 15.5 Å². The van der Waals surface area contributed by atoms with Crippen LogP contribution in [0.15, 0.2) is 42.5 Å². The van der Waals surface area contributed by atoms with Gasteiger partial charge in [-0.2, -0.15) is 0 Å². The molecule has 3 fully saturated rings. The number of nitrogens with zero attached hydrogens (tertiary/aromatic N) is 3. The van der Waals surface area contributed by atoms with Gasteiger partial charge in [0.05, 0.1) is 5.56 Å². The molecule has 2 aromatic rings. The van der Waals surface area contributed by atoms with E-state index in [1.807, 2.05) is 0 Å². The minimum absolute atomic E-state index is 0.0247. The lowest BCUT2D eigenvalue weighted by Crippen LogP contribution is -2.60. The summed E-state index contributed by atoms with van der Waals surface area (Å²) in [6.45, 7) is 5.73. The van der Waals surface area contributed by atoms with E-state index in [2.05, 4.69) is 10.6 Å². The molecule has 5 rings (SSSR count). The van der Waals surface area contributed by atoms with Crippen LogP contribution in [0.25, 0.3) is 0 Å². The van der Waals surface area contributed by atoms with E-state index in [1.165, 1.54) is 24.1 Å². The van der Waals surface area contributed by atoms with Gasteiger partial charge in [0.1, 0.15) is 17.4 Å². The van der Waals surface area contributed by atoms with Gasteiger partial charge < -0.3 is 15.5 Å². The summed E-state index contributed by atoms with van der Waals surface area (Å²) in [6.07, 6.45) is 2.19. The summed E-state index contributed by atoms with van der Waals surface area (Å²) in [5.74, 6) is -2.25. The van der Waals surface area contributed by atoms with E-state index < -0.39 is 29.3 Å². The Kier molecular flexibility index (Phi) is 7.78. The zero-order valence-corrected chi connectivity index (χ0v) is 24.3. The first-order valence-electron chi connectivity index (χ1n) is 14.3. The Morgan fingerprint density at radius 1 is 1.00 bits per heavy atom. The molecule has 1 saturated carbocycles. The fourth-order valence-electron chi connectivity index (χ4n) is 5.75. The molecule has 2 saturated heterocycles. The number of nitrogens with one attached hydrogen (secondary N) is 2. The lowest BCUT2D eigenvalue weighted by atomic mass is 9.85. The predicted octanol–water partition coefficient (Wildman–Crippen LogP) is 3.70. The van der Waals surface area contributed by atoms with Gasteiger partial charge in [-0.15, -0.1) is 0 Å². The number of hydrogen-bond donors (Lipinski definition) is 2. The SMILES string of the molecule is Cc1ccc(F)c(C(=O)N[C@@H](C(=O)N2CCC3(CC2)C(=O)N(C)C(=O)N3c2ccc(NC(=O)C3CC3)cc2)C(C)C)c1. The number of aryl methyl sites for hydroxylation is 1. The van der Waals surface area contributed by atoms with E-state index in [9.17, 15) is 28.4 Å². The smallest absolute Gasteiger partial charge is 0.331 e. The average molecular weight is 578 g/mol. The number of imide groups is 1. The molecule has 1 aliphatic carbocycles. The Morgan fingerprint density at radius 2 is 1.64 bits per heavy atom. The standard InChI is InChI=1S/C31H36FN5O5/c1-18(2)25(34-27(39)23-17-19(3)5-12-24(23)32)28(40)36-15-13-31(14-16-36)29(41)35(4)30(42)37(31)22-10-8-21(9-11-22)33-26(38)20-6-7-20/h5,8-12,17-18,20,25H,6-7,13-16H2,1-4H3,(H,33,38)(H,34,39)/t25-/m1/s1. The molecular formula is C31H36FN5O5. The van der Waals surface area contributed by atoms with Crippen molar-refractivity contribution in [1.29, 1.82) is 0 Å². The van der Waals surface area contributed by atoms with Gasteiger partial charge in [-0.25, -0.2) is 9.18 Å². The van der Waals surface area contributed by atoms with Gasteiger partial charge in [-0.3, -0.25) is 29.0 Å². The third kappa shape index (κ3) is 5.35. The predicted molar refractivity (Wildman–Crippen MR) is 154 cm³/mol. The number of piperidine rings is 1. The Bertz CT molecular complexity index is 1430.